The van der Waals surface area contributed by atoms with Crippen molar-refractivity contribution < 1.29 is 4.79 Å². The number of aryl methyl sites for hydroxylation is 1. The summed E-state index contributed by atoms with van der Waals surface area (Å²) in [6.07, 6.45) is 1.06. The van der Waals surface area contributed by atoms with Gasteiger partial charge in [0.2, 0.25) is 0 Å². The summed E-state index contributed by atoms with van der Waals surface area (Å²) >= 11 is 8.09. The van der Waals surface area contributed by atoms with Crippen molar-refractivity contribution in [3.05, 3.63) is 64.2 Å². The third kappa shape index (κ3) is 4.70. The number of carbonyl (C=O) groups excluding carboxylic acids is 1. The Morgan fingerprint density at radius 2 is 1.96 bits per heavy atom. The third-order valence-electron chi connectivity index (χ3n) is 4.36. The molecule has 0 N–H and O–H groups in total. The monoisotopic (exact) mass is 452 g/mol. The van der Waals surface area contributed by atoms with E-state index in [2.05, 4.69) is 4.99 Å². The Hall–Kier alpha value is -1.30. The first-order valence-corrected chi connectivity index (χ1v) is 9.73. The van der Waals surface area contributed by atoms with Gasteiger partial charge in [-0.3, -0.25) is 9.79 Å². The van der Waals surface area contributed by atoms with E-state index >= 15 is 0 Å². The molecule has 0 fully saturated rings. The van der Waals surface area contributed by atoms with Crippen molar-refractivity contribution in [1.29, 1.82) is 0 Å². The summed E-state index contributed by atoms with van der Waals surface area (Å²) < 4.78 is 0. The predicted octanol–water partition coefficient (Wildman–Crippen LogP) is 5.72. The zero-order chi connectivity index (χ0) is 17.8. The summed E-state index contributed by atoms with van der Waals surface area (Å²) in [6.45, 7) is 5.05. The number of anilines is 1. The van der Waals surface area contributed by atoms with Crippen LogP contribution in [0.3, 0.4) is 0 Å². The molecule has 1 aliphatic rings. The van der Waals surface area contributed by atoms with E-state index in [1.54, 1.807) is 11.8 Å². The van der Waals surface area contributed by atoms with Crippen molar-refractivity contribution >= 4 is 57.0 Å². The van der Waals surface area contributed by atoms with Gasteiger partial charge in [0.05, 0.1) is 17.3 Å². The van der Waals surface area contributed by atoms with Gasteiger partial charge in [-0.1, -0.05) is 53.7 Å². The second-order valence-corrected chi connectivity index (χ2v) is 7.54. The molecule has 0 radical (unpaired) electrons. The van der Waals surface area contributed by atoms with Crippen LogP contribution >= 0.6 is 40.3 Å². The fourth-order valence-electron chi connectivity index (χ4n) is 2.82. The van der Waals surface area contributed by atoms with E-state index in [4.69, 9.17) is 11.6 Å². The van der Waals surface area contributed by atoms with E-state index in [9.17, 15) is 4.79 Å². The van der Waals surface area contributed by atoms with E-state index in [0.29, 0.717) is 5.02 Å². The Bertz CT molecular complexity index is 825. The molecule has 0 atom stereocenters. The number of benzene rings is 2. The number of aliphatic imine (C=N–C) groups is 1. The molecule has 0 saturated heterocycles. The van der Waals surface area contributed by atoms with E-state index in [1.807, 2.05) is 61.2 Å². The lowest BCUT2D eigenvalue weighted by Crippen LogP contribution is -2.36. The van der Waals surface area contributed by atoms with Crippen LogP contribution in [0.4, 0.5) is 5.69 Å². The second-order valence-electron chi connectivity index (χ2n) is 6.07. The van der Waals surface area contributed by atoms with Crippen LogP contribution in [0.2, 0.25) is 5.02 Å². The molecular weight excluding hydrogens is 432 g/mol. The largest absolute Gasteiger partial charge is 0.312 e. The molecule has 0 bridgehead atoms. The Kier molecular flexibility index (Phi) is 7.74. The summed E-state index contributed by atoms with van der Waals surface area (Å²) in [5.74, 6) is 1.09. The summed E-state index contributed by atoms with van der Waals surface area (Å²) in [4.78, 5) is 19.6. The van der Waals surface area contributed by atoms with Crippen molar-refractivity contribution in [2.45, 2.75) is 20.3 Å². The average molecular weight is 454 g/mol. The molecule has 3 rings (SSSR count). The van der Waals surface area contributed by atoms with E-state index in [1.165, 1.54) is 0 Å². The first kappa shape index (κ1) is 21.0. The molecule has 0 amide bonds. The van der Waals surface area contributed by atoms with E-state index in [0.717, 1.165) is 46.3 Å². The third-order valence-corrected chi connectivity index (χ3v) is 5.78. The van der Waals surface area contributed by atoms with Crippen LogP contribution in [0.5, 0.6) is 0 Å². The van der Waals surface area contributed by atoms with Gasteiger partial charge in [-0.15, -0.1) is 17.0 Å². The number of rotatable bonds is 4. The van der Waals surface area contributed by atoms with Crippen LogP contribution < -0.4 is 4.90 Å². The Morgan fingerprint density at radius 1 is 1.19 bits per heavy atom. The normalized spacial score (nSPS) is 13.6. The van der Waals surface area contributed by atoms with Gasteiger partial charge in [0.1, 0.15) is 0 Å². The van der Waals surface area contributed by atoms with Crippen LogP contribution in [0.15, 0.2) is 47.5 Å². The lowest BCUT2D eigenvalue weighted by atomic mass is 10.00. The minimum absolute atomic E-state index is 0. The summed E-state index contributed by atoms with van der Waals surface area (Å²) in [5, 5.41) is 1.50. The van der Waals surface area contributed by atoms with Gasteiger partial charge in [-0.2, -0.15) is 0 Å². The van der Waals surface area contributed by atoms with Gasteiger partial charge in [-0.05, 0) is 43.5 Å². The molecule has 2 aromatic rings. The molecule has 26 heavy (non-hydrogen) atoms. The maximum atomic E-state index is 13.0. The first-order chi connectivity index (χ1) is 12.1. The van der Waals surface area contributed by atoms with Gasteiger partial charge in [0.25, 0.3) is 0 Å². The number of nitrogens with zero attached hydrogens (tertiary/aromatic N) is 2. The number of para-hydroxylation sites is 1. The van der Waals surface area contributed by atoms with Gasteiger partial charge >= 0.3 is 0 Å². The van der Waals surface area contributed by atoms with Crippen molar-refractivity contribution in [2.24, 2.45) is 4.99 Å². The second kappa shape index (κ2) is 9.58. The van der Waals surface area contributed by atoms with Crippen LogP contribution in [0.1, 0.15) is 27.9 Å². The lowest BCUT2D eigenvalue weighted by Gasteiger charge is -2.28. The van der Waals surface area contributed by atoms with Crippen molar-refractivity contribution in [3.8, 4) is 0 Å². The van der Waals surface area contributed by atoms with Gasteiger partial charge in [0.15, 0.2) is 11.0 Å². The van der Waals surface area contributed by atoms with Crippen LogP contribution in [0, 0.1) is 13.8 Å². The molecule has 3 nitrogen and oxygen atoms in total. The lowest BCUT2D eigenvalue weighted by molar-refractivity contribution is 0.100. The van der Waals surface area contributed by atoms with Gasteiger partial charge in [-0.25, -0.2) is 0 Å². The SMILES string of the molecule is Br.Cc1cccc(C(=O)CN(C2=NCCCS2)c2ccccc2Cl)c1C. The summed E-state index contributed by atoms with van der Waals surface area (Å²) in [7, 11) is 0. The fourth-order valence-corrected chi connectivity index (χ4v) is 4.02. The highest BCUT2D eigenvalue weighted by molar-refractivity contribution is 8.93. The number of thioether (sulfide) groups is 1. The van der Waals surface area contributed by atoms with Gasteiger partial charge in [0, 0.05) is 17.9 Å². The van der Waals surface area contributed by atoms with Crippen molar-refractivity contribution in [2.75, 3.05) is 23.7 Å². The maximum absolute atomic E-state index is 13.0. The van der Waals surface area contributed by atoms with Crippen LogP contribution in [-0.4, -0.2) is 29.8 Å². The van der Waals surface area contributed by atoms with Crippen LogP contribution in [0.25, 0.3) is 0 Å². The molecule has 0 aliphatic carbocycles. The Labute approximate surface area is 174 Å². The Morgan fingerprint density at radius 3 is 2.65 bits per heavy atom. The quantitative estimate of drug-likeness (QED) is 0.555. The molecule has 1 heterocycles. The Balaban J connectivity index is 0.00000243. The molecular formula is C20H22BrClN2OS. The number of hydrogen-bond acceptors (Lipinski definition) is 4. The van der Waals surface area contributed by atoms with Gasteiger partial charge < -0.3 is 4.90 Å². The van der Waals surface area contributed by atoms with E-state index < -0.39 is 0 Å². The topological polar surface area (TPSA) is 32.7 Å². The zero-order valence-electron chi connectivity index (χ0n) is 14.9. The molecule has 6 heteroatoms. The molecule has 0 unspecified atom stereocenters. The highest BCUT2D eigenvalue weighted by Crippen LogP contribution is 2.30. The number of halogens is 2. The number of Topliss-reactive ketones (excluding diaryl/α,β-unsaturated/α-hetero) is 1. The standard InChI is InChI=1S/C20H21ClN2OS.BrH/c1-14-7-5-8-16(15(14)2)19(24)13-23(20-22-11-6-12-25-20)18-10-4-3-9-17(18)21;/h3-5,7-10H,6,11-13H2,1-2H3;1H. The first-order valence-electron chi connectivity index (χ1n) is 8.36. The molecule has 0 spiro atoms. The average Bonchev–Trinajstić information content (AvgIpc) is 2.63. The number of amidine groups is 1. The van der Waals surface area contributed by atoms with Crippen molar-refractivity contribution in [1.82, 2.24) is 0 Å². The fraction of sp³-hybridized carbons (Fsp3) is 0.300. The minimum Gasteiger partial charge on any atom is -0.312 e. The highest BCUT2D eigenvalue weighted by atomic mass is 79.9. The smallest absolute Gasteiger partial charge is 0.182 e. The molecule has 0 saturated carbocycles. The molecule has 2 aromatic carbocycles. The number of ketones is 1. The maximum Gasteiger partial charge on any atom is 0.182 e. The zero-order valence-corrected chi connectivity index (χ0v) is 18.2. The number of carbonyl (C=O) groups is 1. The highest BCUT2D eigenvalue weighted by Gasteiger charge is 2.23. The number of hydrogen-bond donors (Lipinski definition) is 0. The van der Waals surface area contributed by atoms with Crippen molar-refractivity contribution in [3.63, 3.8) is 0 Å². The molecule has 1 aliphatic heterocycles. The summed E-state index contributed by atoms with van der Waals surface area (Å²) in [5.41, 5.74) is 3.75. The summed E-state index contributed by atoms with van der Waals surface area (Å²) in [6, 6.07) is 13.5. The predicted molar refractivity (Wildman–Crippen MR) is 119 cm³/mol. The minimum atomic E-state index is 0. The molecule has 0 aromatic heterocycles. The van der Waals surface area contributed by atoms with Crippen LogP contribution in [-0.2, 0) is 0 Å². The van der Waals surface area contributed by atoms with E-state index in [-0.39, 0.29) is 29.3 Å². The molecule has 138 valence electrons.